The number of hydrogen-bond donors (Lipinski definition) is 0. The first-order chi connectivity index (χ1) is 17.9. The Labute approximate surface area is 233 Å². The lowest BCUT2D eigenvalue weighted by molar-refractivity contribution is -0.119. The highest BCUT2D eigenvalue weighted by Crippen LogP contribution is 2.55. The normalized spacial score (nSPS) is 21.0. The van der Waals surface area contributed by atoms with Crippen molar-refractivity contribution in [2.24, 2.45) is 10.8 Å². The fourth-order valence-electron chi connectivity index (χ4n) is 6.36. The minimum Gasteiger partial charge on any atom is -0.490 e. The van der Waals surface area contributed by atoms with Gasteiger partial charge in [0.15, 0.2) is 23.1 Å². The van der Waals surface area contributed by atoms with Crippen LogP contribution < -0.4 is 9.47 Å². The van der Waals surface area contributed by atoms with E-state index in [0.29, 0.717) is 42.6 Å². The molecule has 0 saturated heterocycles. The summed E-state index contributed by atoms with van der Waals surface area (Å²) in [5.41, 5.74) is 4.10. The Morgan fingerprint density at radius 3 is 1.97 bits per heavy atom. The van der Waals surface area contributed by atoms with Gasteiger partial charge in [0, 0.05) is 48.3 Å². The summed E-state index contributed by atoms with van der Waals surface area (Å²) in [5.74, 6) is 0.891. The van der Waals surface area contributed by atoms with Crippen LogP contribution in [0.4, 0.5) is 0 Å². The molecule has 0 amide bonds. The zero-order valence-electron chi connectivity index (χ0n) is 24.3. The minimum atomic E-state index is -0.446. The summed E-state index contributed by atoms with van der Waals surface area (Å²) in [4.78, 5) is 29.7. The number of ether oxygens (including phenoxy) is 2. The van der Waals surface area contributed by atoms with Gasteiger partial charge in [0.25, 0.3) is 0 Å². The van der Waals surface area contributed by atoms with Crippen LogP contribution in [0.2, 0.25) is 5.02 Å². The molecule has 1 aromatic carbocycles. The molecule has 0 bridgehead atoms. The lowest BCUT2D eigenvalue weighted by atomic mass is 9.63. The second-order valence-electron chi connectivity index (χ2n) is 12.8. The fraction of sp³-hybridized carbons (Fsp3) is 0.625. The van der Waals surface area contributed by atoms with E-state index in [2.05, 4.69) is 39.5 Å². The van der Waals surface area contributed by atoms with Crippen LogP contribution in [-0.2, 0) is 9.59 Å². The van der Waals surface area contributed by atoms with E-state index in [1.807, 2.05) is 26.1 Å². The summed E-state index contributed by atoms with van der Waals surface area (Å²) in [6.07, 6.45) is 6.90. The Hall–Kier alpha value is -2.27. The lowest BCUT2D eigenvalue weighted by Crippen LogP contribution is -2.43. The molecule has 0 N–H and O–H groups in total. The number of ketones is 2. The van der Waals surface area contributed by atoms with Crippen LogP contribution >= 0.6 is 11.6 Å². The molecule has 1 aliphatic heterocycles. The van der Waals surface area contributed by atoms with Gasteiger partial charge in [0.1, 0.15) is 0 Å². The maximum atomic E-state index is 13.8. The monoisotopic (exact) mass is 541 g/mol. The van der Waals surface area contributed by atoms with Crippen molar-refractivity contribution in [3.05, 3.63) is 45.3 Å². The zero-order chi connectivity index (χ0) is 27.8. The molecular weight excluding hydrogens is 498 g/mol. The number of halogens is 1. The van der Waals surface area contributed by atoms with Gasteiger partial charge in [-0.3, -0.25) is 9.59 Å². The summed E-state index contributed by atoms with van der Waals surface area (Å²) in [6, 6.07) is 3.83. The van der Waals surface area contributed by atoms with Crippen molar-refractivity contribution < 1.29 is 19.1 Å². The van der Waals surface area contributed by atoms with Crippen LogP contribution in [0, 0.1) is 10.8 Å². The van der Waals surface area contributed by atoms with Gasteiger partial charge in [0.05, 0.1) is 18.2 Å². The van der Waals surface area contributed by atoms with Gasteiger partial charge in [-0.2, -0.15) is 0 Å². The molecule has 1 aromatic rings. The van der Waals surface area contributed by atoms with E-state index in [1.165, 1.54) is 6.42 Å². The van der Waals surface area contributed by atoms with Crippen LogP contribution in [0.5, 0.6) is 11.5 Å². The molecule has 208 valence electrons. The Morgan fingerprint density at radius 2 is 1.45 bits per heavy atom. The SMILES string of the molecule is CCCCCCOc1c(Cl)cc(C2C3=C(CC(C)(C)CC3=O)N(C)C3=C2C(=O)CC(C)(C)C3)cc1OCC. The molecule has 5 nitrogen and oxygen atoms in total. The van der Waals surface area contributed by atoms with E-state index in [1.54, 1.807) is 0 Å². The van der Waals surface area contributed by atoms with E-state index in [0.717, 1.165) is 60.2 Å². The highest BCUT2D eigenvalue weighted by atomic mass is 35.5. The van der Waals surface area contributed by atoms with E-state index in [-0.39, 0.29) is 22.4 Å². The number of allylic oxidation sites excluding steroid dienone is 4. The number of Topliss-reactive ketones (excluding diaryl/α,β-unsaturated/α-hetero) is 2. The molecule has 0 fully saturated rings. The molecule has 0 radical (unpaired) electrons. The number of carbonyl (C=O) groups excluding carboxylic acids is 2. The third kappa shape index (κ3) is 5.68. The van der Waals surface area contributed by atoms with Crippen molar-refractivity contribution in [2.45, 2.75) is 98.8 Å². The van der Waals surface area contributed by atoms with Crippen molar-refractivity contribution >= 4 is 23.2 Å². The maximum absolute atomic E-state index is 13.8. The van der Waals surface area contributed by atoms with Crippen molar-refractivity contribution in [1.29, 1.82) is 0 Å². The van der Waals surface area contributed by atoms with E-state index >= 15 is 0 Å². The smallest absolute Gasteiger partial charge is 0.179 e. The van der Waals surface area contributed by atoms with Crippen molar-refractivity contribution in [3.63, 3.8) is 0 Å². The van der Waals surface area contributed by atoms with Crippen molar-refractivity contribution in [3.8, 4) is 11.5 Å². The molecule has 0 saturated carbocycles. The topological polar surface area (TPSA) is 55.8 Å². The fourth-order valence-corrected chi connectivity index (χ4v) is 6.63. The minimum absolute atomic E-state index is 0.114. The van der Waals surface area contributed by atoms with E-state index in [9.17, 15) is 9.59 Å². The first-order valence-electron chi connectivity index (χ1n) is 14.2. The molecule has 38 heavy (non-hydrogen) atoms. The van der Waals surface area contributed by atoms with Gasteiger partial charge in [0.2, 0.25) is 0 Å². The number of carbonyl (C=O) groups is 2. The Morgan fingerprint density at radius 1 is 0.868 bits per heavy atom. The predicted octanol–water partition coefficient (Wildman–Crippen LogP) is 8.01. The highest BCUT2D eigenvalue weighted by molar-refractivity contribution is 6.32. The van der Waals surface area contributed by atoms with Gasteiger partial charge in [-0.25, -0.2) is 0 Å². The number of unbranched alkanes of at least 4 members (excludes halogenated alkanes) is 3. The van der Waals surface area contributed by atoms with Crippen LogP contribution in [-0.4, -0.2) is 36.7 Å². The van der Waals surface area contributed by atoms with Crippen molar-refractivity contribution in [2.75, 3.05) is 20.3 Å². The average Bonchev–Trinajstić information content (AvgIpc) is 2.80. The zero-order valence-corrected chi connectivity index (χ0v) is 25.0. The summed E-state index contributed by atoms with van der Waals surface area (Å²) >= 11 is 6.85. The highest BCUT2D eigenvalue weighted by Gasteiger charge is 2.48. The Kier molecular flexibility index (Phi) is 8.37. The molecule has 3 aliphatic rings. The summed E-state index contributed by atoms with van der Waals surface area (Å²) in [6.45, 7) is 13.7. The molecule has 0 atom stereocenters. The second-order valence-corrected chi connectivity index (χ2v) is 13.2. The molecule has 0 spiro atoms. The van der Waals surface area contributed by atoms with Gasteiger partial charge >= 0.3 is 0 Å². The number of rotatable bonds is 9. The molecule has 6 heteroatoms. The first-order valence-corrected chi connectivity index (χ1v) is 14.6. The lowest BCUT2D eigenvalue weighted by Gasteiger charge is -2.48. The quantitative estimate of drug-likeness (QED) is 0.296. The molecule has 2 aliphatic carbocycles. The van der Waals surface area contributed by atoms with Crippen LogP contribution in [0.15, 0.2) is 34.7 Å². The standard InChI is InChI=1S/C32H44ClNO4/c1-8-10-11-12-13-38-30-21(33)14-20(15-26(30)37-9-2)27-28-22(16-31(3,4)18-24(28)35)34(7)23-17-32(5,6)19-25(36)29(23)27/h14-15,27H,8-13,16-19H2,1-7H3. The third-order valence-corrected chi connectivity index (χ3v) is 8.37. The molecule has 0 unspecified atom stereocenters. The van der Waals surface area contributed by atoms with Gasteiger partial charge in [-0.05, 0) is 54.7 Å². The molecular formula is C32H44ClNO4. The molecule has 0 aromatic heterocycles. The van der Waals surface area contributed by atoms with E-state index in [4.69, 9.17) is 21.1 Å². The first kappa shape index (κ1) is 28.7. The largest absolute Gasteiger partial charge is 0.490 e. The summed E-state index contributed by atoms with van der Waals surface area (Å²) in [7, 11) is 2.03. The second kappa shape index (κ2) is 11.1. The van der Waals surface area contributed by atoms with Crippen molar-refractivity contribution in [1.82, 2.24) is 4.90 Å². The molecule has 1 heterocycles. The van der Waals surface area contributed by atoms with Gasteiger partial charge in [-0.1, -0.05) is 65.5 Å². The average molecular weight is 542 g/mol. The Bertz CT molecular complexity index is 1120. The summed E-state index contributed by atoms with van der Waals surface area (Å²) in [5, 5.41) is 0.455. The van der Waals surface area contributed by atoms with Crippen LogP contribution in [0.3, 0.4) is 0 Å². The maximum Gasteiger partial charge on any atom is 0.179 e. The number of hydrogen-bond acceptors (Lipinski definition) is 5. The predicted molar refractivity (Wildman–Crippen MR) is 153 cm³/mol. The Balaban J connectivity index is 1.84. The van der Waals surface area contributed by atoms with Gasteiger partial charge < -0.3 is 14.4 Å². The van der Waals surface area contributed by atoms with Crippen LogP contribution in [0.25, 0.3) is 0 Å². The number of benzene rings is 1. The molecule has 4 rings (SSSR count). The van der Waals surface area contributed by atoms with Crippen LogP contribution in [0.1, 0.15) is 104 Å². The van der Waals surface area contributed by atoms with Gasteiger partial charge in [-0.15, -0.1) is 0 Å². The number of nitrogens with zero attached hydrogens (tertiary/aromatic N) is 1. The summed E-state index contributed by atoms with van der Waals surface area (Å²) < 4.78 is 12.1. The third-order valence-electron chi connectivity index (χ3n) is 8.09. The van der Waals surface area contributed by atoms with E-state index < -0.39 is 5.92 Å².